The fourth-order valence-electron chi connectivity index (χ4n) is 2.14. The van der Waals surface area contributed by atoms with Crippen molar-refractivity contribution in [1.82, 2.24) is 5.43 Å². The zero-order valence-corrected chi connectivity index (χ0v) is 15.3. The average Bonchev–Trinajstić information content (AvgIpc) is 3.22. The lowest BCUT2D eigenvalue weighted by atomic mass is 10.2. The van der Waals surface area contributed by atoms with E-state index in [0.717, 1.165) is 5.56 Å². The van der Waals surface area contributed by atoms with Crippen LogP contribution in [0.3, 0.4) is 0 Å². The van der Waals surface area contributed by atoms with Crippen LogP contribution in [0.1, 0.15) is 21.7 Å². The van der Waals surface area contributed by atoms with Crippen molar-refractivity contribution in [3.05, 3.63) is 94.9 Å². The third kappa shape index (κ3) is 5.69. The summed E-state index contributed by atoms with van der Waals surface area (Å²) in [4.78, 5) is 23.7. The van der Waals surface area contributed by atoms with Crippen molar-refractivity contribution in [2.75, 3.05) is 0 Å². The number of hydrogen-bond donors (Lipinski definition) is 1. The first-order valence-electron chi connectivity index (χ1n) is 8.22. The van der Waals surface area contributed by atoms with Gasteiger partial charge in [-0.3, -0.25) is 4.79 Å². The molecule has 0 atom stereocenters. The van der Waals surface area contributed by atoms with Crippen molar-refractivity contribution in [3.8, 4) is 5.75 Å². The number of nitrogens with one attached hydrogen (secondary N) is 1. The Morgan fingerprint density at radius 2 is 1.79 bits per heavy atom. The van der Waals surface area contributed by atoms with E-state index in [4.69, 9.17) is 20.8 Å². The Hall–Kier alpha value is -3.64. The van der Waals surface area contributed by atoms with E-state index in [0.29, 0.717) is 22.1 Å². The zero-order valence-electron chi connectivity index (χ0n) is 14.5. The van der Waals surface area contributed by atoms with Crippen molar-refractivity contribution in [1.29, 1.82) is 0 Å². The van der Waals surface area contributed by atoms with Crippen LogP contribution in [0.15, 0.2) is 82.5 Å². The van der Waals surface area contributed by atoms with Gasteiger partial charge < -0.3 is 9.15 Å². The summed E-state index contributed by atoms with van der Waals surface area (Å²) in [5, 5.41) is 4.46. The highest BCUT2D eigenvalue weighted by atomic mass is 35.5. The van der Waals surface area contributed by atoms with Gasteiger partial charge in [-0.2, -0.15) is 5.10 Å². The Morgan fingerprint density at radius 1 is 1.04 bits per heavy atom. The van der Waals surface area contributed by atoms with E-state index < -0.39 is 5.97 Å². The van der Waals surface area contributed by atoms with Crippen LogP contribution in [-0.2, 0) is 4.79 Å². The smallest absolute Gasteiger partial charge is 0.336 e. The molecule has 0 aliphatic carbocycles. The summed E-state index contributed by atoms with van der Waals surface area (Å²) < 4.78 is 10.3. The Balaban J connectivity index is 1.51. The number of esters is 1. The van der Waals surface area contributed by atoms with Crippen LogP contribution in [-0.4, -0.2) is 18.1 Å². The summed E-state index contributed by atoms with van der Waals surface area (Å²) in [6, 6.07) is 16.6. The SMILES string of the molecule is O=C(C=Cc1ccco1)Oc1ccc(C=NNC(=O)c2ccc(Cl)cc2)cc1. The predicted octanol–water partition coefficient (Wildman–Crippen LogP) is 4.32. The molecule has 140 valence electrons. The molecule has 0 aliphatic rings. The highest BCUT2D eigenvalue weighted by Gasteiger charge is 2.03. The second-order valence-corrected chi connectivity index (χ2v) is 5.98. The summed E-state index contributed by atoms with van der Waals surface area (Å²) in [7, 11) is 0. The lowest BCUT2D eigenvalue weighted by molar-refractivity contribution is -0.128. The molecule has 1 aromatic heterocycles. The normalized spacial score (nSPS) is 11.0. The Bertz CT molecular complexity index is 992. The molecule has 0 radical (unpaired) electrons. The maximum absolute atomic E-state index is 11.9. The van der Waals surface area contributed by atoms with Gasteiger partial charge in [0.05, 0.1) is 12.5 Å². The molecule has 3 aromatic rings. The largest absolute Gasteiger partial charge is 0.465 e. The van der Waals surface area contributed by atoms with Gasteiger partial charge in [0, 0.05) is 16.7 Å². The summed E-state index contributed by atoms with van der Waals surface area (Å²) in [6.07, 6.45) is 5.80. The molecule has 28 heavy (non-hydrogen) atoms. The first kappa shape index (κ1) is 19.1. The van der Waals surface area contributed by atoms with E-state index in [-0.39, 0.29) is 5.91 Å². The van der Waals surface area contributed by atoms with Gasteiger partial charge in [-0.25, -0.2) is 10.2 Å². The van der Waals surface area contributed by atoms with Gasteiger partial charge in [-0.1, -0.05) is 11.6 Å². The fourth-order valence-corrected chi connectivity index (χ4v) is 2.27. The first-order chi connectivity index (χ1) is 13.6. The molecule has 3 rings (SSSR count). The highest BCUT2D eigenvalue weighted by molar-refractivity contribution is 6.30. The molecule has 0 fully saturated rings. The number of hydrogen-bond acceptors (Lipinski definition) is 5. The molecular weight excluding hydrogens is 380 g/mol. The van der Waals surface area contributed by atoms with E-state index in [1.807, 2.05) is 0 Å². The number of nitrogens with zero attached hydrogens (tertiary/aromatic N) is 1. The van der Waals surface area contributed by atoms with Gasteiger partial charge in [0.15, 0.2) is 0 Å². The van der Waals surface area contributed by atoms with E-state index in [9.17, 15) is 9.59 Å². The Kier molecular flexibility index (Phi) is 6.38. The molecule has 1 amide bonds. The Labute approximate surface area is 166 Å². The quantitative estimate of drug-likeness (QED) is 0.222. The van der Waals surface area contributed by atoms with Crippen LogP contribution in [0.5, 0.6) is 5.75 Å². The minimum absolute atomic E-state index is 0.346. The molecule has 0 spiro atoms. The highest BCUT2D eigenvalue weighted by Crippen LogP contribution is 2.12. The number of amides is 1. The molecule has 2 aromatic carbocycles. The maximum atomic E-state index is 11.9. The van der Waals surface area contributed by atoms with E-state index >= 15 is 0 Å². The van der Waals surface area contributed by atoms with E-state index in [2.05, 4.69) is 10.5 Å². The second kappa shape index (κ2) is 9.34. The predicted molar refractivity (Wildman–Crippen MR) is 106 cm³/mol. The van der Waals surface area contributed by atoms with Gasteiger partial charge in [0.1, 0.15) is 11.5 Å². The topological polar surface area (TPSA) is 80.9 Å². The first-order valence-corrected chi connectivity index (χ1v) is 8.60. The van der Waals surface area contributed by atoms with Gasteiger partial charge in [-0.05, 0) is 72.3 Å². The number of rotatable bonds is 6. The van der Waals surface area contributed by atoms with E-state index in [1.54, 1.807) is 60.7 Å². The zero-order chi connectivity index (χ0) is 19.8. The lowest BCUT2D eigenvalue weighted by Gasteiger charge is -2.02. The number of carbonyl (C=O) groups is 2. The minimum Gasteiger partial charge on any atom is -0.465 e. The maximum Gasteiger partial charge on any atom is 0.336 e. The third-order valence-corrected chi connectivity index (χ3v) is 3.76. The number of benzene rings is 2. The van der Waals surface area contributed by atoms with Crippen molar-refractivity contribution in [2.24, 2.45) is 5.10 Å². The minimum atomic E-state index is -0.520. The molecule has 0 saturated carbocycles. The van der Waals surface area contributed by atoms with Crippen LogP contribution in [0.4, 0.5) is 0 Å². The molecule has 0 saturated heterocycles. The summed E-state index contributed by atoms with van der Waals surface area (Å²) in [5.74, 6) is 0.0791. The summed E-state index contributed by atoms with van der Waals surface area (Å²) in [5.41, 5.74) is 3.60. The van der Waals surface area contributed by atoms with Crippen LogP contribution in [0, 0.1) is 0 Å². The monoisotopic (exact) mass is 394 g/mol. The van der Waals surface area contributed by atoms with E-state index in [1.165, 1.54) is 24.6 Å². The molecule has 7 heteroatoms. The molecule has 1 heterocycles. The van der Waals surface area contributed by atoms with Crippen LogP contribution in [0.2, 0.25) is 5.02 Å². The van der Waals surface area contributed by atoms with Gasteiger partial charge in [0.2, 0.25) is 0 Å². The van der Waals surface area contributed by atoms with Gasteiger partial charge in [0.25, 0.3) is 5.91 Å². The Morgan fingerprint density at radius 3 is 2.46 bits per heavy atom. The number of hydrazone groups is 1. The lowest BCUT2D eigenvalue weighted by Crippen LogP contribution is -2.17. The molecule has 6 nitrogen and oxygen atoms in total. The van der Waals surface area contributed by atoms with Gasteiger partial charge >= 0.3 is 5.97 Å². The number of carbonyl (C=O) groups excluding carboxylic acids is 2. The summed E-state index contributed by atoms with van der Waals surface area (Å²) >= 11 is 5.79. The van der Waals surface area contributed by atoms with Crippen molar-refractivity contribution < 1.29 is 18.7 Å². The van der Waals surface area contributed by atoms with Crippen LogP contribution in [0.25, 0.3) is 6.08 Å². The standard InChI is InChI=1S/C21H15ClN2O4/c22-17-7-5-16(6-8-17)21(26)24-23-14-15-3-9-19(10-4-15)28-20(25)12-11-18-2-1-13-27-18/h1-14H,(H,24,26). The molecule has 1 N–H and O–H groups in total. The molecule has 0 unspecified atom stereocenters. The van der Waals surface area contributed by atoms with Crippen molar-refractivity contribution in [2.45, 2.75) is 0 Å². The fraction of sp³-hybridized carbons (Fsp3) is 0. The summed E-state index contributed by atoms with van der Waals surface area (Å²) in [6.45, 7) is 0. The second-order valence-electron chi connectivity index (χ2n) is 5.54. The average molecular weight is 395 g/mol. The molecular formula is C21H15ClN2O4. The third-order valence-electron chi connectivity index (χ3n) is 3.51. The van der Waals surface area contributed by atoms with Crippen molar-refractivity contribution >= 4 is 35.8 Å². The number of furan rings is 1. The van der Waals surface area contributed by atoms with Crippen LogP contribution >= 0.6 is 11.6 Å². The molecule has 0 bridgehead atoms. The number of ether oxygens (including phenoxy) is 1. The van der Waals surface area contributed by atoms with Crippen molar-refractivity contribution in [3.63, 3.8) is 0 Å². The van der Waals surface area contributed by atoms with Gasteiger partial charge in [-0.15, -0.1) is 0 Å². The molecule has 0 aliphatic heterocycles. The number of halogens is 1. The van der Waals surface area contributed by atoms with Crippen LogP contribution < -0.4 is 10.2 Å².